The van der Waals surface area contributed by atoms with Gasteiger partial charge < -0.3 is 10.2 Å². The van der Waals surface area contributed by atoms with Gasteiger partial charge in [0.1, 0.15) is 5.82 Å². The van der Waals surface area contributed by atoms with Gasteiger partial charge in [-0.1, -0.05) is 23.7 Å². The lowest BCUT2D eigenvalue weighted by atomic mass is 10.0. The molecule has 1 fully saturated rings. The Labute approximate surface area is 150 Å². The SMILES string of the molecule is O=C(NC1CCN(C(=O)c2cccc(Cl)c2)CC1)c1cccc(F)c1. The van der Waals surface area contributed by atoms with Crippen molar-refractivity contribution in [2.45, 2.75) is 18.9 Å². The second-order valence-corrected chi connectivity index (χ2v) is 6.50. The van der Waals surface area contributed by atoms with E-state index >= 15 is 0 Å². The predicted octanol–water partition coefficient (Wildman–Crippen LogP) is 3.51. The zero-order chi connectivity index (χ0) is 17.8. The molecule has 2 aromatic carbocycles. The number of piperidine rings is 1. The van der Waals surface area contributed by atoms with Crippen LogP contribution >= 0.6 is 11.6 Å². The standard InChI is InChI=1S/C19H18ClFN2O2/c20-15-5-1-4-14(11-15)19(25)23-9-7-17(8-10-23)22-18(24)13-3-2-6-16(21)12-13/h1-6,11-12,17H,7-10H2,(H,22,24). The van der Waals surface area contributed by atoms with E-state index in [0.29, 0.717) is 42.1 Å². The largest absolute Gasteiger partial charge is 0.349 e. The van der Waals surface area contributed by atoms with Crippen molar-refractivity contribution < 1.29 is 14.0 Å². The highest BCUT2D eigenvalue weighted by atomic mass is 35.5. The van der Waals surface area contributed by atoms with E-state index in [9.17, 15) is 14.0 Å². The number of carbonyl (C=O) groups is 2. The van der Waals surface area contributed by atoms with Gasteiger partial charge in [0.25, 0.3) is 11.8 Å². The van der Waals surface area contributed by atoms with Crippen LogP contribution in [0.15, 0.2) is 48.5 Å². The van der Waals surface area contributed by atoms with Crippen molar-refractivity contribution in [1.29, 1.82) is 0 Å². The Morgan fingerprint density at radius 2 is 1.72 bits per heavy atom. The quantitative estimate of drug-likeness (QED) is 0.910. The fraction of sp³-hybridized carbons (Fsp3) is 0.263. The summed E-state index contributed by atoms with van der Waals surface area (Å²) in [6.45, 7) is 1.11. The number of amides is 2. The molecule has 0 aliphatic carbocycles. The van der Waals surface area contributed by atoms with Gasteiger partial charge in [-0.15, -0.1) is 0 Å². The molecule has 3 rings (SSSR count). The Kier molecular flexibility index (Phi) is 5.34. The summed E-state index contributed by atoms with van der Waals surface area (Å²) in [6.07, 6.45) is 1.32. The van der Waals surface area contributed by atoms with Crippen LogP contribution in [-0.2, 0) is 0 Å². The first-order chi connectivity index (χ1) is 12.0. The minimum atomic E-state index is -0.436. The molecule has 6 heteroatoms. The molecule has 0 unspecified atom stereocenters. The fourth-order valence-corrected chi connectivity index (χ4v) is 3.12. The summed E-state index contributed by atoms with van der Waals surface area (Å²) >= 11 is 5.93. The second kappa shape index (κ2) is 7.66. The molecule has 1 aliphatic rings. The van der Waals surface area contributed by atoms with Gasteiger partial charge in [-0.3, -0.25) is 9.59 Å². The van der Waals surface area contributed by atoms with Crippen LogP contribution in [0.1, 0.15) is 33.6 Å². The van der Waals surface area contributed by atoms with E-state index in [0.717, 1.165) is 0 Å². The molecule has 2 amide bonds. The molecule has 4 nitrogen and oxygen atoms in total. The Bertz CT molecular complexity index is 788. The highest BCUT2D eigenvalue weighted by molar-refractivity contribution is 6.30. The van der Waals surface area contributed by atoms with E-state index in [2.05, 4.69) is 5.32 Å². The number of nitrogens with one attached hydrogen (secondary N) is 1. The molecule has 130 valence electrons. The Hall–Kier alpha value is -2.40. The summed E-state index contributed by atoms with van der Waals surface area (Å²) in [4.78, 5) is 26.4. The average molecular weight is 361 g/mol. The minimum absolute atomic E-state index is 0.0285. The predicted molar refractivity (Wildman–Crippen MR) is 94.2 cm³/mol. The van der Waals surface area contributed by atoms with E-state index in [4.69, 9.17) is 11.6 Å². The molecule has 0 saturated carbocycles. The van der Waals surface area contributed by atoms with Crippen LogP contribution in [0, 0.1) is 5.82 Å². The first-order valence-corrected chi connectivity index (χ1v) is 8.52. The highest BCUT2D eigenvalue weighted by Crippen LogP contribution is 2.17. The third-order valence-electron chi connectivity index (χ3n) is 4.28. The molecule has 1 heterocycles. The molecule has 0 aromatic heterocycles. The summed E-state index contributed by atoms with van der Waals surface area (Å²) in [7, 11) is 0. The summed E-state index contributed by atoms with van der Waals surface area (Å²) in [5, 5.41) is 3.44. The number of carbonyl (C=O) groups excluding carboxylic acids is 2. The number of likely N-dealkylation sites (tertiary alicyclic amines) is 1. The summed E-state index contributed by atoms with van der Waals surface area (Å²) in [5.41, 5.74) is 0.868. The van der Waals surface area contributed by atoms with Crippen molar-refractivity contribution in [2.75, 3.05) is 13.1 Å². The molecule has 0 atom stereocenters. The van der Waals surface area contributed by atoms with Crippen LogP contribution in [0.3, 0.4) is 0 Å². The molecule has 2 aromatic rings. The molecule has 0 bridgehead atoms. The zero-order valence-electron chi connectivity index (χ0n) is 13.5. The van der Waals surface area contributed by atoms with Crippen molar-refractivity contribution in [2.24, 2.45) is 0 Å². The first-order valence-electron chi connectivity index (χ1n) is 8.14. The molecular formula is C19H18ClFN2O2. The number of hydrogen-bond acceptors (Lipinski definition) is 2. The van der Waals surface area contributed by atoms with Gasteiger partial charge in [0, 0.05) is 35.3 Å². The Morgan fingerprint density at radius 3 is 2.40 bits per heavy atom. The summed E-state index contributed by atoms with van der Waals surface area (Å²) in [6, 6.07) is 12.5. The van der Waals surface area contributed by atoms with E-state index in [-0.39, 0.29) is 17.9 Å². The molecule has 1 aliphatic heterocycles. The van der Waals surface area contributed by atoms with Crippen LogP contribution in [0.2, 0.25) is 5.02 Å². The van der Waals surface area contributed by atoms with Gasteiger partial charge in [-0.2, -0.15) is 0 Å². The van der Waals surface area contributed by atoms with Crippen LogP contribution in [0.5, 0.6) is 0 Å². The van der Waals surface area contributed by atoms with E-state index < -0.39 is 5.82 Å². The van der Waals surface area contributed by atoms with Gasteiger partial charge in [-0.05, 0) is 49.2 Å². The maximum absolute atomic E-state index is 13.2. The molecule has 0 radical (unpaired) electrons. The number of hydrogen-bond donors (Lipinski definition) is 1. The molecule has 25 heavy (non-hydrogen) atoms. The normalized spacial score (nSPS) is 15.0. The van der Waals surface area contributed by atoms with Crippen molar-refractivity contribution >= 4 is 23.4 Å². The van der Waals surface area contributed by atoms with Crippen molar-refractivity contribution in [3.8, 4) is 0 Å². The highest BCUT2D eigenvalue weighted by Gasteiger charge is 2.25. The third kappa shape index (κ3) is 4.37. The van der Waals surface area contributed by atoms with Gasteiger partial charge in [0.15, 0.2) is 0 Å². The van der Waals surface area contributed by atoms with E-state index in [1.165, 1.54) is 18.2 Å². The maximum Gasteiger partial charge on any atom is 0.253 e. The van der Waals surface area contributed by atoms with Crippen LogP contribution in [0.25, 0.3) is 0 Å². The zero-order valence-corrected chi connectivity index (χ0v) is 14.3. The number of halogens is 2. The van der Waals surface area contributed by atoms with Crippen LogP contribution < -0.4 is 5.32 Å². The van der Waals surface area contributed by atoms with Gasteiger partial charge >= 0.3 is 0 Å². The average Bonchev–Trinajstić information content (AvgIpc) is 2.62. The van der Waals surface area contributed by atoms with E-state index in [1.54, 1.807) is 35.2 Å². The molecule has 1 N–H and O–H groups in total. The van der Waals surface area contributed by atoms with Crippen LogP contribution in [0.4, 0.5) is 4.39 Å². The first kappa shape index (κ1) is 17.4. The molecule has 1 saturated heterocycles. The monoisotopic (exact) mass is 360 g/mol. The lowest BCUT2D eigenvalue weighted by molar-refractivity contribution is 0.0698. The lowest BCUT2D eigenvalue weighted by Gasteiger charge is -2.32. The van der Waals surface area contributed by atoms with Gasteiger partial charge in [0.05, 0.1) is 0 Å². The molecular weight excluding hydrogens is 343 g/mol. The van der Waals surface area contributed by atoms with Crippen molar-refractivity contribution in [1.82, 2.24) is 10.2 Å². The molecule has 0 spiro atoms. The fourth-order valence-electron chi connectivity index (χ4n) is 2.93. The number of benzene rings is 2. The van der Waals surface area contributed by atoms with Crippen molar-refractivity contribution in [3.63, 3.8) is 0 Å². The van der Waals surface area contributed by atoms with Crippen molar-refractivity contribution in [3.05, 3.63) is 70.5 Å². The Balaban J connectivity index is 1.55. The second-order valence-electron chi connectivity index (χ2n) is 6.06. The lowest BCUT2D eigenvalue weighted by Crippen LogP contribution is -2.46. The minimum Gasteiger partial charge on any atom is -0.349 e. The number of nitrogens with zero attached hydrogens (tertiary/aromatic N) is 1. The Morgan fingerprint density at radius 1 is 1.04 bits per heavy atom. The van der Waals surface area contributed by atoms with Gasteiger partial charge in [-0.25, -0.2) is 4.39 Å². The summed E-state index contributed by atoms with van der Waals surface area (Å²) < 4.78 is 13.2. The number of rotatable bonds is 3. The third-order valence-corrected chi connectivity index (χ3v) is 4.51. The topological polar surface area (TPSA) is 49.4 Å². The maximum atomic E-state index is 13.2. The van der Waals surface area contributed by atoms with E-state index in [1.807, 2.05) is 0 Å². The van der Waals surface area contributed by atoms with Gasteiger partial charge in [0.2, 0.25) is 0 Å². The summed E-state index contributed by atoms with van der Waals surface area (Å²) in [5.74, 6) is -0.786. The smallest absolute Gasteiger partial charge is 0.253 e. The van der Waals surface area contributed by atoms with Crippen LogP contribution in [-0.4, -0.2) is 35.8 Å².